The summed E-state index contributed by atoms with van der Waals surface area (Å²) in [6.07, 6.45) is 2.41. The van der Waals surface area contributed by atoms with Gasteiger partial charge < -0.3 is 15.3 Å². The molecule has 2 aliphatic rings. The second kappa shape index (κ2) is 4.94. The number of carbonyl (C=O) groups excluding carboxylic acids is 1. The number of benzene rings is 1. The molecule has 1 aliphatic heterocycles. The Labute approximate surface area is 131 Å². The van der Waals surface area contributed by atoms with Crippen LogP contribution in [-0.4, -0.2) is 45.4 Å². The minimum atomic E-state index is -0.793. The molecule has 1 aliphatic carbocycles. The zero-order chi connectivity index (χ0) is 16.0. The van der Waals surface area contributed by atoms with Crippen LogP contribution in [0.1, 0.15) is 19.3 Å². The third-order valence-corrected chi connectivity index (χ3v) is 5.11. The van der Waals surface area contributed by atoms with Crippen molar-refractivity contribution in [2.75, 3.05) is 18.4 Å². The van der Waals surface area contributed by atoms with Crippen molar-refractivity contribution in [2.24, 2.45) is 11.3 Å². The first-order chi connectivity index (χ1) is 11.1. The van der Waals surface area contributed by atoms with E-state index in [9.17, 15) is 14.7 Å². The Morgan fingerprint density at radius 1 is 1.39 bits per heavy atom. The SMILES string of the molecule is O=C(Nc1cccc2nonc12)N1C[C@@H]2CCC[C@@]2(C(=O)O)C1. The molecular formula is C15H16N4O4. The number of carboxylic acid groups (broad SMARTS) is 1. The number of carboxylic acids is 1. The summed E-state index contributed by atoms with van der Waals surface area (Å²) in [4.78, 5) is 25.8. The summed E-state index contributed by atoms with van der Waals surface area (Å²) in [6, 6.07) is 4.89. The average Bonchev–Trinajstić information content (AvgIpc) is 3.21. The Balaban J connectivity index is 1.55. The van der Waals surface area contributed by atoms with Crippen LogP contribution in [0.2, 0.25) is 0 Å². The molecule has 8 nitrogen and oxygen atoms in total. The Morgan fingerprint density at radius 2 is 2.26 bits per heavy atom. The number of aliphatic carboxylic acids is 1. The van der Waals surface area contributed by atoms with E-state index in [1.807, 2.05) is 0 Å². The summed E-state index contributed by atoms with van der Waals surface area (Å²) in [5.41, 5.74) is 0.769. The zero-order valence-corrected chi connectivity index (χ0v) is 12.4. The van der Waals surface area contributed by atoms with E-state index in [0.29, 0.717) is 29.7 Å². The van der Waals surface area contributed by atoms with Gasteiger partial charge in [0.1, 0.15) is 5.52 Å². The Bertz CT molecular complexity index is 789. The first-order valence-electron chi connectivity index (χ1n) is 7.61. The van der Waals surface area contributed by atoms with Gasteiger partial charge in [-0.15, -0.1) is 0 Å². The maximum Gasteiger partial charge on any atom is 0.321 e. The molecule has 1 saturated heterocycles. The van der Waals surface area contributed by atoms with Gasteiger partial charge in [-0.2, -0.15) is 0 Å². The quantitative estimate of drug-likeness (QED) is 0.876. The largest absolute Gasteiger partial charge is 0.481 e. The first-order valence-corrected chi connectivity index (χ1v) is 7.61. The molecule has 1 saturated carbocycles. The average molecular weight is 316 g/mol. The topological polar surface area (TPSA) is 109 Å². The number of anilines is 1. The number of aromatic nitrogens is 2. The highest BCUT2D eigenvalue weighted by atomic mass is 16.6. The molecule has 1 aromatic heterocycles. The standard InChI is InChI=1S/C15H16N4O4/c20-13(21)15-6-2-3-9(15)7-19(8-15)14(22)16-10-4-1-5-11-12(10)18-23-17-11/h1,4-5,9H,2-3,6-8H2,(H,16,22)(H,20,21)/t9-,15+/m0/s1. The van der Waals surface area contributed by atoms with Crippen LogP contribution in [0.3, 0.4) is 0 Å². The number of hydrogen-bond donors (Lipinski definition) is 2. The van der Waals surface area contributed by atoms with Gasteiger partial charge in [-0.05, 0) is 41.2 Å². The molecule has 8 heteroatoms. The summed E-state index contributed by atoms with van der Waals surface area (Å²) in [5, 5.41) is 19.9. The van der Waals surface area contributed by atoms with Crippen molar-refractivity contribution in [1.29, 1.82) is 0 Å². The molecule has 1 aromatic carbocycles. The minimum Gasteiger partial charge on any atom is -0.481 e. The normalized spacial score (nSPS) is 26.4. The Morgan fingerprint density at radius 3 is 3.04 bits per heavy atom. The molecule has 0 spiro atoms. The van der Waals surface area contributed by atoms with Crippen molar-refractivity contribution in [3.8, 4) is 0 Å². The van der Waals surface area contributed by atoms with E-state index in [4.69, 9.17) is 0 Å². The molecular weight excluding hydrogens is 300 g/mol. The molecule has 0 radical (unpaired) electrons. The van der Waals surface area contributed by atoms with Gasteiger partial charge in [0.25, 0.3) is 0 Å². The maximum absolute atomic E-state index is 12.5. The number of fused-ring (bicyclic) bond motifs is 2. The van der Waals surface area contributed by atoms with Gasteiger partial charge in [0.2, 0.25) is 0 Å². The van der Waals surface area contributed by atoms with E-state index in [-0.39, 0.29) is 18.5 Å². The number of likely N-dealkylation sites (tertiary alicyclic amines) is 1. The molecule has 2 heterocycles. The summed E-state index contributed by atoms with van der Waals surface area (Å²) in [7, 11) is 0. The van der Waals surface area contributed by atoms with Crippen molar-refractivity contribution >= 4 is 28.7 Å². The van der Waals surface area contributed by atoms with Crippen molar-refractivity contribution in [1.82, 2.24) is 15.2 Å². The number of urea groups is 1. The van der Waals surface area contributed by atoms with Gasteiger partial charge in [0.05, 0.1) is 11.1 Å². The van der Waals surface area contributed by atoms with Gasteiger partial charge in [-0.1, -0.05) is 12.5 Å². The number of nitrogens with zero attached hydrogens (tertiary/aromatic N) is 3. The highest BCUT2D eigenvalue weighted by molar-refractivity contribution is 5.98. The molecule has 0 unspecified atom stereocenters. The molecule has 2 aromatic rings. The number of nitrogens with one attached hydrogen (secondary N) is 1. The summed E-state index contributed by atoms with van der Waals surface area (Å²) in [6.45, 7) is 0.733. The van der Waals surface area contributed by atoms with Gasteiger partial charge in [-0.25, -0.2) is 9.42 Å². The number of rotatable bonds is 2. The predicted molar refractivity (Wildman–Crippen MR) is 79.8 cm³/mol. The lowest BCUT2D eigenvalue weighted by atomic mass is 9.81. The van der Waals surface area contributed by atoms with Crippen LogP contribution in [0.15, 0.2) is 22.8 Å². The molecule has 4 rings (SSSR count). The van der Waals surface area contributed by atoms with Gasteiger partial charge >= 0.3 is 12.0 Å². The van der Waals surface area contributed by atoms with Crippen LogP contribution in [-0.2, 0) is 4.79 Å². The van der Waals surface area contributed by atoms with Crippen molar-refractivity contribution in [3.63, 3.8) is 0 Å². The summed E-state index contributed by atoms with van der Waals surface area (Å²) >= 11 is 0. The Hall–Kier alpha value is -2.64. The fraction of sp³-hybridized carbons (Fsp3) is 0.467. The third kappa shape index (κ3) is 2.05. The summed E-state index contributed by atoms with van der Waals surface area (Å²) in [5.74, 6) is -0.756. The lowest BCUT2D eigenvalue weighted by molar-refractivity contribution is -0.149. The molecule has 2 atom stereocenters. The summed E-state index contributed by atoms with van der Waals surface area (Å²) < 4.78 is 4.68. The molecule has 0 bridgehead atoms. The van der Waals surface area contributed by atoms with Crippen molar-refractivity contribution in [3.05, 3.63) is 18.2 Å². The van der Waals surface area contributed by atoms with E-state index in [0.717, 1.165) is 12.8 Å². The molecule has 2 fully saturated rings. The first kappa shape index (κ1) is 14.0. The van der Waals surface area contributed by atoms with E-state index in [1.54, 1.807) is 23.1 Å². The van der Waals surface area contributed by atoms with Gasteiger partial charge in [-0.3, -0.25) is 4.79 Å². The molecule has 2 amide bonds. The molecule has 23 heavy (non-hydrogen) atoms. The van der Waals surface area contributed by atoms with Crippen LogP contribution in [0, 0.1) is 11.3 Å². The highest BCUT2D eigenvalue weighted by Crippen LogP contribution is 2.48. The van der Waals surface area contributed by atoms with Gasteiger partial charge in [0.15, 0.2) is 5.52 Å². The van der Waals surface area contributed by atoms with Crippen LogP contribution in [0.5, 0.6) is 0 Å². The van der Waals surface area contributed by atoms with E-state index in [2.05, 4.69) is 20.3 Å². The minimum absolute atomic E-state index is 0.0373. The predicted octanol–water partition coefficient (Wildman–Crippen LogP) is 1.94. The van der Waals surface area contributed by atoms with Crippen molar-refractivity contribution in [2.45, 2.75) is 19.3 Å². The van der Waals surface area contributed by atoms with Crippen LogP contribution >= 0.6 is 0 Å². The molecule has 2 N–H and O–H groups in total. The number of hydrogen-bond acceptors (Lipinski definition) is 5. The van der Waals surface area contributed by atoms with Crippen molar-refractivity contribution < 1.29 is 19.3 Å². The van der Waals surface area contributed by atoms with E-state index >= 15 is 0 Å². The molecule has 120 valence electrons. The van der Waals surface area contributed by atoms with Crippen LogP contribution in [0.25, 0.3) is 11.0 Å². The third-order valence-electron chi connectivity index (χ3n) is 5.11. The highest BCUT2D eigenvalue weighted by Gasteiger charge is 2.55. The fourth-order valence-corrected chi connectivity index (χ4v) is 3.89. The van der Waals surface area contributed by atoms with Crippen LogP contribution in [0.4, 0.5) is 10.5 Å². The fourth-order valence-electron chi connectivity index (χ4n) is 3.89. The van der Waals surface area contributed by atoms with E-state index in [1.165, 1.54) is 0 Å². The zero-order valence-electron chi connectivity index (χ0n) is 12.4. The lowest BCUT2D eigenvalue weighted by Crippen LogP contribution is -2.38. The Kier molecular flexibility index (Phi) is 3.00. The second-order valence-corrected chi connectivity index (χ2v) is 6.30. The van der Waals surface area contributed by atoms with Crippen LogP contribution < -0.4 is 5.32 Å². The number of carbonyl (C=O) groups is 2. The lowest BCUT2D eigenvalue weighted by Gasteiger charge is -2.23. The monoisotopic (exact) mass is 316 g/mol. The smallest absolute Gasteiger partial charge is 0.321 e. The maximum atomic E-state index is 12.5. The number of amides is 2. The van der Waals surface area contributed by atoms with E-state index < -0.39 is 11.4 Å². The van der Waals surface area contributed by atoms with Gasteiger partial charge in [0, 0.05) is 13.1 Å². The second-order valence-electron chi connectivity index (χ2n) is 6.30.